The highest BCUT2D eigenvalue weighted by atomic mass is 16.5. The van der Waals surface area contributed by atoms with Gasteiger partial charge in [-0.05, 0) is 36.5 Å². The third-order valence-corrected chi connectivity index (χ3v) is 4.64. The quantitative estimate of drug-likeness (QED) is 0.813. The lowest BCUT2D eigenvalue weighted by molar-refractivity contribution is -0.134. The van der Waals surface area contributed by atoms with Gasteiger partial charge in [-0.25, -0.2) is 4.98 Å². The molecule has 0 atom stereocenters. The van der Waals surface area contributed by atoms with Crippen LogP contribution < -0.4 is 9.47 Å². The Labute approximate surface area is 147 Å². The molecule has 1 aliphatic heterocycles. The van der Waals surface area contributed by atoms with Crippen LogP contribution in [0.1, 0.15) is 24.1 Å². The van der Waals surface area contributed by atoms with Crippen molar-refractivity contribution in [3.05, 3.63) is 53.7 Å². The van der Waals surface area contributed by atoms with Gasteiger partial charge in [0.2, 0.25) is 5.88 Å². The van der Waals surface area contributed by atoms with Crippen molar-refractivity contribution >= 4 is 5.91 Å². The Morgan fingerprint density at radius 2 is 1.96 bits per heavy atom. The van der Waals surface area contributed by atoms with E-state index in [9.17, 15) is 4.79 Å². The normalized spacial score (nSPS) is 16.2. The van der Waals surface area contributed by atoms with Gasteiger partial charge in [-0.1, -0.05) is 24.3 Å². The molecule has 1 saturated carbocycles. The van der Waals surface area contributed by atoms with Crippen LogP contribution in [0.25, 0.3) is 0 Å². The van der Waals surface area contributed by atoms with Crippen LogP contribution in [0.3, 0.4) is 0 Å². The number of nitrogens with zero attached hydrogens (tertiary/aromatic N) is 2. The molecule has 1 aromatic heterocycles. The molecule has 130 valence electrons. The van der Waals surface area contributed by atoms with E-state index >= 15 is 0 Å². The number of ether oxygens (including phenoxy) is 2. The topological polar surface area (TPSA) is 51.7 Å². The van der Waals surface area contributed by atoms with Gasteiger partial charge in [0.1, 0.15) is 5.75 Å². The highest BCUT2D eigenvalue weighted by molar-refractivity contribution is 5.78. The highest BCUT2D eigenvalue weighted by Gasteiger charge is 2.24. The summed E-state index contributed by atoms with van der Waals surface area (Å²) >= 11 is 0. The predicted octanol–water partition coefficient (Wildman–Crippen LogP) is 2.83. The van der Waals surface area contributed by atoms with E-state index in [-0.39, 0.29) is 12.5 Å². The molecule has 1 amide bonds. The van der Waals surface area contributed by atoms with Gasteiger partial charge in [0.05, 0.1) is 12.3 Å². The van der Waals surface area contributed by atoms with Crippen LogP contribution >= 0.6 is 0 Å². The maximum absolute atomic E-state index is 12.4. The van der Waals surface area contributed by atoms with Crippen molar-refractivity contribution in [2.75, 3.05) is 19.8 Å². The number of benzene rings is 1. The first-order valence-corrected chi connectivity index (χ1v) is 8.85. The SMILES string of the molecule is O=C(COc1ccccc1)N1CCc2nc(OCC3CC3)ccc2C1. The largest absolute Gasteiger partial charge is 0.484 e. The molecule has 1 aromatic carbocycles. The summed E-state index contributed by atoms with van der Waals surface area (Å²) in [5.41, 5.74) is 2.14. The van der Waals surface area contributed by atoms with E-state index in [1.54, 1.807) is 0 Å². The van der Waals surface area contributed by atoms with Crippen molar-refractivity contribution in [1.29, 1.82) is 0 Å². The van der Waals surface area contributed by atoms with Crippen LogP contribution in [0.5, 0.6) is 11.6 Å². The predicted molar refractivity (Wildman–Crippen MR) is 93.5 cm³/mol. The average Bonchev–Trinajstić information content (AvgIpc) is 3.49. The minimum atomic E-state index is 0.00330. The summed E-state index contributed by atoms with van der Waals surface area (Å²) in [6.45, 7) is 2.09. The van der Waals surface area contributed by atoms with Crippen LogP contribution in [0.2, 0.25) is 0 Å². The Balaban J connectivity index is 1.33. The third kappa shape index (κ3) is 4.10. The Kier molecular flexibility index (Phi) is 4.55. The Hall–Kier alpha value is -2.56. The third-order valence-electron chi connectivity index (χ3n) is 4.64. The molecule has 0 spiro atoms. The number of para-hydroxylation sites is 1. The number of amides is 1. The first kappa shape index (κ1) is 15.9. The molecular weight excluding hydrogens is 316 g/mol. The maximum Gasteiger partial charge on any atom is 0.260 e. The van der Waals surface area contributed by atoms with E-state index < -0.39 is 0 Å². The van der Waals surface area contributed by atoms with Crippen molar-refractivity contribution in [3.63, 3.8) is 0 Å². The lowest BCUT2D eigenvalue weighted by Gasteiger charge is -2.28. The summed E-state index contributed by atoms with van der Waals surface area (Å²) in [5.74, 6) is 2.14. The molecule has 25 heavy (non-hydrogen) atoms. The van der Waals surface area contributed by atoms with Crippen LogP contribution in [0.4, 0.5) is 0 Å². The van der Waals surface area contributed by atoms with E-state index in [2.05, 4.69) is 4.98 Å². The summed E-state index contributed by atoms with van der Waals surface area (Å²) < 4.78 is 11.3. The van der Waals surface area contributed by atoms with Crippen LogP contribution in [-0.4, -0.2) is 35.5 Å². The molecule has 5 heteroatoms. The second kappa shape index (κ2) is 7.13. The second-order valence-electron chi connectivity index (χ2n) is 6.68. The van der Waals surface area contributed by atoms with Crippen LogP contribution in [0, 0.1) is 5.92 Å². The zero-order valence-corrected chi connectivity index (χ0v) is 14.2. The number of carbonyl (C=O) groups excluding carboxylic acids is 1. The van der Waals surface area contributed by atoms with Gasteiger partial charge in [0, 0.05) is 25.6 Å². The fourth-order valence-corrected chi connectivity index (χ4v) is 2.93. The zero-order chi connectivity index (χ0) is 17.1. The molecule has 2 heterocycles. The minimum Gasteiger partial charge on any atom is -0.484 e. The van der Waals surface area contributed by atoms with E-state index in [1.807, 2.05) is 47.4 Å². The van der Waals surface area contributed by atoms with Gasteiger partial charge < -0.3 is 14.4 Å². The number of pyridine rings is 1. The number of fused-ring (bicyclic) bond motifs is 1. The summed E-state index contributed by atoms with van der Waals surface area (Å²) in [4.78, 5) is 18.8. The molecule has 5 nitrogen and oxygen atoms in total. The number of rotatable bonds is 6. The zero-order valence-electron chi connectivity index (χ0n) is 14.2. The summed E-state index contributed by atoms with van der Waals surface area (Å²) in [6.07, 6.45) is 3.30. The lowest BCUT2D eigenvalue weighted by Crippen LogP contribution is -2.39. The molecular formula is C20H22N2O3. The second-order valence-corrected chi connectivity index (χ2v) is 6.68. The first-order chi connectivity index (χ1) is 12.3. The van der Waals surface area contributed by atoms with Crippen LogP contribution in [-0.2, 0) is 17.8 Å². The Bertz CT molecular complexity index is 744. The smallest absolute Gasteiger partial charge is 0.260 e. The minimum absolute atomic E-state index is 0.00330. The molecule has 0 unspecified atom stereocenters. The number of carbonyl (C=O) groups is 1. The van der Waals surface area contributed by atoms with Crippen LogP contribution in [0.15, 0.2) is 42.5 Å². The van der Waals surface area contributed by atoms with E-state index in [4.69, 9.17) is 9.47 Å². The fraction of sp³-hybridized carbons (Fsp3) is 0.400. The molecule has 0 N–H and O–H groups in total. The molecule has 2 aromatic rings. The van der Waals surface area contributed by atoms with Gasteiger partial charge >= 0.3 is 0 Å². The van der Waals surface area contributed by atoms with Crippen molar-refractivity contribution < 1.29 is 14.3 Å². The number of aromatic nitrogens is 1. The van der Waals surface area contributed by atoms with Gasteiger partial charge in [-0.3, -0.25) is 4.79 Å². The van der Waals surface area contributed by atoms with Gasteiger partial charge in [-0.2, -0.15) is 0 Å². The molecule has 1 aliphatic carbocycles. The van der Waals surface area contributed by atoms with E-state index in [1.165, 1.54) is 12.8 Å². The Morgan fingerprint density at radius 1 is 1.12 bits per heavy atom. The Morgan fingerprint density at radius 3 is 2.76 bits per heavy atom. The van der Waals surface area contributed by atoms with Crippen molar-refractivity contribution in [2.24, 2.45) is 5.92 Å². The molecule has 0 radical (unpaired) electrons. The van der Waals surface area contributed by atoms with Crippen molar-refractivity contribution in [2.45, 2.75) is 25.8 Å². The summed E-state index contributed by atoms with van der Waals surface area (Å²) in [6, 6.07) is 13.4. The molecule has 4 rings (SSSR count). The number of hydrogen-bond donors (Lipinski definition) is 0. The summed E-state index contributed by atoms with van der Waals surface area (Å²) in [5, 5.41) is 0. The molecule has 1 fully saturated rings. The average molecular weight is 338 g/mol. The first-order valence-electron chi connectivity index (χ1n) is 8.85. The summed E-state index contributed by atoms with van der Waals surface area (Å²) in [7, 11) is 0. The molecule has 2 aliphatic rings. The van der Waals surface area contributed by atoms with Gasteiger partial charge in [0.15, 0.2) is 6.61 Å². The standard InChI is InChI=1S/C20H22N2O3/c23-20(14-24-17-4-2-1-3-5-17)22-11-10-18-16(12-22)8-9-19(21-18)25-13-15-6-7-15/h1-5,8-9,15H,6-7,10-14H2. The number of hydrogen-bond acceptors (Lipinski definition) is 4. The molecule has 0 saturated heterocycles. The van der Waals surface area contributed by atoms with Crippen molar-refractivity contribution in [1.82, 2.24) is 9.88 Å². The maximum atomic E-state index is 12.4. The van der Waals surface area contributed by atoms with E-state index in [0.717, 1.165) is 30.2 Å². The van der Waals surface area contributed by atoms with E-state index in [0.29, 0.717) is 24.7 Å². The van der Waals surface area contributed by atoms with Gasteiger partial charge in [-0.15, -0.1) is 0 Å². The highest BCUT2D eigenvalue weighted by Crippen LogP contribution is 2.29. The van der Waals surface area contributed by atoms with Crippen molar-refractivity contribution in [3.8, 4) is 11.6 Å². The fourth-order valence-electron chi connectivity index (χ4n) is 2.93. The van der Waals surface area contributed by atoms with Gasteiger partial charge in [0.25, 0.3) is 5.91 Å². The molecule has 0 bridgehead atoms. The monoisotopic (exact) mass is 338 g/mol. The lowest BCUT2D eigenvalue weighted by atomic mass is 10.1.